The van der Waals surface area contributed by atoms with Crippen molar-refractivity contribution in [3.05, 3.63) is 11.5 Å². The Morgan fingerprint density at radius 2 is 1.86 bits per heavy atom. The van der Waals surface area contributed by atoms with E-state index in [2.05, 4.69) is 19.9 Å². The molecule has 1 fully saturated rings. The lowest BCUT2D eigenvalue weighted by atomic mass is 10.4. The van der Waals surface area contributed by atoms with Crippen LogP contribution >= 0.6 is 11.8 Å². The fourth-order valence-corrected chi connectivity index (χ4v) is 2.65. The molecule has 0 spiro atoms. The molecule has 112 valence electrons. The van der Waals surface area contributed by atoms with E-state index in [-0.39, 0.29) is 5.95 Å². The second kappa shape index (κ2) is 5.86. The number of aryl methyl sites for hydroxylation is 2. The van der Waals surface area contributed by atoms with Crippen molar-refractivity contribution in [3.63, 3.8) is 0 Å². The molecule has 3 rings (SSSR count). The highest BCUT2D eigenvalue weighted by Gasteiger charge is 2.17. The number of ether oxygens (including phenoxy) is 1. The number of nitrogens with zero attached hydrogens (tertiary/aromatic N) is 5. The van der Waals surface area contributed by atoms with E-state index in [1.54, 1.807) is 0 Å². The molecule has 2 aromatic rings. The number of morpholine rings is 1. The van der Waals surface area contributed by atoms with Gasteiger partial charge >= 0.3 is 0 Å². The van der Waals surface area contributed by atoms with Crippen molar-refractivity contribution in [3.8, 4) is 0 Å². The maximum atomic E-state index is 5.77. The van der Waals surface area contributed by atoms with Gasteiger partial charge in [0, 0.05) is 24.9 Å². The first kappa shape index (κ1) is 14.1. The average molecular weight is 308 g/mol. The monoisotopic (exact) mass is 308 g/mol. The maximum Gasteiger partial charge on any atom is 0.264 e. The van der Waals surface area contributed by atoms with E-state index in [0.29, 0.717) is 29.5 Å². The first-order valence-corrected chi connectivity index (χ1v) is 7.39. The summed E-state index contributed by atoms with van der Waals surface area (Å²) < 4.78 is 10.8. The zero-order chi connectivity index (χ0) is 14.8. The van der Waals surface area contributed by atoms with Crippen LogP contribution in [0.5, 0.6) is 0 Å². The zero-order valence-corrected chi connectivity index (χ0v) is 12.7. The highest BCUT2D eigenvalue weighted by molar-refractivity contribution is 7.98. The number of nitrogen functional groups attached to an aromatic ring is 1. The average Bonchev–Trinajstić information content (AvgIpc) is 2.77. The molecule has 2 N–H and O–H groups in total. The minimum atomic E-state index is 0.189. The standard InChI is InChI=1S/C12H16N6O2S/c1-7-8(2)20-12(14-7)21-11-16-9(13)15-10(17-11)18-3-5-19-6-4-18/h3-6H2,1-2H3,(H2,13,15,16,17). The molecular weight excluding hydrogens is 292 g/mol. The Labute approximate surface area is 126 Å². The van der Waals surface area contributed by atoms with E-state index in [4.69, 9.17) is 14.9 Å². The minimum Gasteiger partial charge on any atom is -0.436 e. The quantitative estimate of drug-likeness (QED) is 0.890. The molecule has 0 bridgehead atoms. The summed E-state index contributed by atoms with van der Waals surface area (Å²) in [5.74, 6) is 1.54. The van der Waals surface area contributed by atoms with Crippen molar-refractivity contribution < 1.29 is 9.15 Å². The van der Waals surface area contributed by atoms with Gasteiger partial charge in [0.15, 0.2) is 0 Å². The van der Waals surface area contributed by atoms with E-state index < -0.39 is 0 Å². The molecule has 0 saturated carbocycles. The van der Waals surface area contributed by atoms with Crippen LogP contribution in [0.15, 0.2) is 14.8 Å². The van der Waals surface area contributed by atoms with Gasteiger partial charge in [-0.3, -0.25) is 0 Å². The molecule has 2 aromatic heterocycles. The third kappa shape index (κ3) is 3.24. The number of oxazole rings is 1. The van der Waals surface area contributed by atoms with Gasteiger partial charge in [0.2, 0.25) is 17.1 Å². The van der Waals surface area contributed by atoms with Crippen LogP contribution in [0.4, 0.5) is 11.9 Å². The SMILES string of the molecule is Cc1nc(Sc2nc(N)nc(N3CCOCC3)n2)oc1C. The molecule has 0 atom stereocenters. The molecule has 0 aliphatic carbocycles. The Balaban J connectivity index is 1.83. The molecule has 21 heavy (non-hydrogen) atoms. The summed E-state index contributed by atoms with van der Waals surface area (Å²) in [6, 6.07) is 0. The number of rotatable bonds is 3. The summed E-state index contributed by atoms with van der Waals surface area (Å²) in [5.41, 5.74) is 6.62. The molecule has 3 heterocycles. The summed E-state index contributed by atoms with van der Waals surface area (Å²) in [4.78, 5) is 19.1. The predicted octanol–water partition coefficient (Wildman–Crippen LogP) is 1.05. The number of nitrogens with two attached hydrogens (primary N) is 1. The van der Waals surface area contributed by atoms with Gasteiger partial charge in [0.25, 0.3) is 5.22 Å². The van der Waals surface area contributed by atoms with Gasteiger partial charge in [-0.25, -0.2) is 4.98 Å². The van der Waals surface area contributed by atoms with Crippen molar-refractivity contribution in [1.82, 2.24) is 19.9 Å². The fourth-order valence-electron chi connectivity index (χ4n) is 1.88. The van der Waals surface area contributed by atoms with Crippen LogP contribution in [0.2, 0.25) is 0 Å². The van der Waals surface area contributed by atoms with Gasteiger partial charge in [0.1, 0.15) is 5.76 Å². The third-order valence-corrected chi connectivity index (χ3v) is 3.82. The first-order valence-electron chi connectivity index (χ1n) is 6.58. The van der Waals surface area contributed by atoms with Crippen molar-refractivity contribution in [2.75, 3.05) is 36.9 Å². The minimum absolute atomic E-state index is 0.189. The van der Waals surface area contributed by atoms with Crippen molar-refractivity contribution in [1.29, 1.82) is 0 Å². The predicted molar refractivity (Wildman–Crippen MR) is 77.4 cm³/mol. The van der Waals surface area contributed by atoms with Crippen LogP contribution in [0.25, 0.3) is 0 Å². The molecule has 1 aliphatic rings. The van der Waals surface area contributed by atoms with Crippen molar-refractivity contribution in [2.24, 2.45) is 0 Å². The highest BCUT2D eigenvalue weighted by Crippen LogP contribution is 2.27. The normalized spacial score (nSPS) is 15.4. The summed E-state index contributed by atoms with van der Waals surface area (Å²) in [7, 11) is 0. The Bertz CT molecular complexity index is 621. The number of hydrogen-bond acceptors (Lipinski definition) is 9. The molecule has 0 aromatic carbocycles. The molecule has 1 saturated heterocycles. The van der Waals surface area contributed by atoms with Gasteiger partial charge in [-0.1, -0.05) is 0 Å². The summed E-state index contributed by atoms with van der Waals surface area (Å²) in [6.07, 6.45) is 0. The summed E-state index contributed by atoms with van der Waals surface area (Å²) >= 11 is 1.24. The van der Waals surface area contributed by atoms with Crippen LogP contribution < -0.4 is 10.6 Å². The lowest BCUT2D eigenvalue weighted by Gasteiger charge is -2.26. The lowest BCUT2D eigenvalue weighted by molar-refractivity contribution is 0.122. The smallest absolute Gasteiger partial charge is 0.264 e. The van der Waals surface area contributed by atoms with Gasteiger partial charge < -0.3 is 19.8 Å². The van der Waals surface area contributed by atoms with Gasteiger partial charge in [0.05, 0.1) is 18.9 Å². The molecule has 9 heteroatoms. The Hall–Kier alpha value is -1.87. The highest BCUT2D eigenvalue weighted by atomic mass is 32.2. The second-order valence-electron chi connectivity index (χ2n) is 4.60. The summed E-state index contributed by atoms with van der Waals surface area (Å²) in [6.45, 7) is 6.56. The van der Waals surface area contributed by atoms with Crippen molar-refractivity contribution in [2.45, 2.75) is 24.2 Å². The van der Waals surface area contributed by atoms with Crippen molar-refractivity contribution >= 4 is 23.7 Å². The first-order chi connectivity index (χ1) is 10.1. The molecule has 1 aliphatic heterocycles. The molecule has 0 amide bonds. The molecule has 0 unspecified atom stereocenters. The number of aromatic nitrogens is 4. The van der Waals surface area contributed by atoms with Crippen LogP contribution in [0, 0.1) is 13.8 Å². The molecule has 0 radical (unpaired) electrons. The maximum absolute atomic E-state index is 5.77. The van der Waals surface area contributed by atoms with Crippen LogP contribution in [-0.4, -0.2) is 46.2 Å². The van der Waals surface area contributed by atoms with Crippen LogP contribution in [0.3, 0.4) is 0 Å². The van der Waals surface area contributed by atoms with Crippen LogP contribution in [-0.2, 0) is 4.74 Å². The van der Waals surface area contributed by atoms with E-state index in [1.165, 1.54) is 11.8 Å². The lowest BCUT2D eigenvalue weighted by Crippen LogP contribution is -2.37. The largest absolute Gasteiger partial charge is 0.436 e. The Morgan fingerprint density at radius 3 is 2.52 bits per heavy atom. The fraction of sp³-hybridized carbons (Fsp3) is 0.500. The number of hydrogen-bond donors (Lipinski definition) is 1. The molecule has 8 nitrogen and oxygen atoms in total. The Morgan fingerprint density at radius 1 is 1.10 bits per heavy atom. The topological polar surface area (TPSA) is 103 Å². The van der Waals surface area contributed by atoms with Crippen LogP contribution in [0.1, 0.15) is 11.5 Å². The molecular formula is C12H16N6O2S. The van der Waals surface area contributed by atoms with Gasteiger partial charge in [-0.15, -0.1) is 0 Å². The van der Waals surface area contributed by atoms with E-state index in [1.807, 2.05) is 18.7 Å². The van der Waals surface area contributed by atoms with E-state index in [0.717, 1.165) is 24.5 Å². The summed E-state index contributed by atoms with van der Waals surface area (Å²) in [5, 5.41) is 0.980. The van der Waals surface area contributed by atoms with Gasteiger partial charge in [-0.05, 0) is 13.8 Å². The van der Waals surface area contributed by atoms with Gasteiger partial charge in [-0.2, -0.15) is 15.0 Å². The van der Waals surface area contributed by atoms with E-state index >= 15 is 0 Å². The zero-order valence-electron chi connectivity index (χ0n) is 11.9. The Kier molecular flexibility index (Phi) is 3.93. The van der Waals surface area contributed by atoms with E-state index in [9.17, 15) is 0 Å². The second-order valence-corrected chi connectivity index (χ2v) is 5.52. The third-order valence-electron chi connectivity index (χ3n) is 3.10. The number of anilines is 2.